The summed E-state index contributed by atoms with van der Waals surface area (Å²) in [7, 11) is 0. The van der Waals surface area contributed by atoms with Crippen molar-refractivity contribution in [1.82, 2.24) is 25.4 Å². The van der Waals surface area contributed by atoms with Crippen LogP contribution < -0.4 is 10.6 Å². The van der Waals surface area contributed by atoms with E-state index in [0.29, 0.717) is 24.6 Å². The Kier molecular flexibility index (Phi) is 5.11. The summed E-state index contributed by atoms with van der Waals surface area (Å²) < 4.78 is 15.1. The number of pyridine rings is 1. The van der Waals surface area contributed by atoms with Crippen molar-refractivity contribution in [3.05, 3.63) is 59.7 Å². The maximum absolute atomic E-state index is 13.2. The summed E-state index contributed by atoms with van der Waals surface area (Å²) >= 11 is 0. The minimum Gasteiger partial charge on any atom is -0.354 e. The van der Waals surface area contributed by atoms with E-state index in [4.69, 9.17) is 5.10 Å². The molecule has 0 spiro atoms. The number of nitrogens with one attached hydrogen (secondary N) is 2. The van der Waals surface area contributed by atoms with Crippen LogP contribution in [-0.2, 0) is 17.8 Å². The molecule has 140 valence electrons. The van der Waals surface area contributed by atoms with Crippen molar-refractivity contribution in [2.24, 2.45) is 0 Å². The molecule has 1 amide bonds. The van der Waals surface area contributed by atoms with Gasteiger partial charge in [-0.2, -0.15) is 5.10 Å². The highest BCUT2D eigenvalue weighted by Crippen LogP contribution is 2.27. The predicted molar refractivity (Wildman–Crippen MR) is 101 cm³/mol. The number of fused-ring (bicyclic) bond motifs is 1. The van der Waals surface area contributed by atoms with Gasteiger partial charge in [-0.3, -0.25) is 4.79 Å². The number of carbonyl (C=O) groups excluding carboxylic acids is 1. The van der Waals surface area contributed by atoms with Crippen molar-refractivity contribution in [3.63, 3.8) is 0 Å². The molecule has 2 N–H and O–H groups in total. The van der Waals surface area contributed by atoms with Crippen molar-refractivity contribution in [2.45, 2.75) is 25.3 Å². The molecule has 3 aromatic rings. The minimum atomic E-state index is -0.330. The zero-order valence-corrected chi connectivity index (χ0v) is 15.0. The molecule has 2 aromatic heterocycles. The lowest BCUT2D eigenvalue weighted by Gasteiger charge is -2.07. The van der Waals surface area contributed by atoms with Gasteiger partial charge in [0.25, 0.3) is 0 Å². The molecule has 1 aliphatic rings. The summed E-state index contributed by atoms with van der Waals surface area (Å²) in [5.74, 6) is -0.0610. The Bertz CT molecular complexity index is 948. The van der Waals surface area contributed by atoms with Gasteiger partial charge in [0.1, 0.15) is 5.82 Å². The normalized spacial score (nSPS) is 16.7. The van der Waals surface area contributed by atoms with E-state index in [1.165, 1.54) is 12.1 Å². The van der Waals surface area contributed by atoms with Crippen LogP contribution in [0.25, 0.3) is 11.0 Å². The van der Waals surface area contributed by atoms with Crippen molar-refractivity contribution in [1.29, 1.82) is 0 Å². The van der Waals surface area contributed by atoms with Crippen molar-refractivity contribution < 1.29 is 9.18 Å². The number of hydrogen-bond acceptors (Lipinski definition) is 4. The maximum atomic E-state index is 13.2. The second kappa shape index (κ2) is 7.84. The third-order valence-corrected chi connectivity index (χ3v) is 4.88. The number of rotatable bonds is 6. The summed E-state index contributed by atoms with van der Waals surface area (Å²) in [5.41, 5.74) is 2.59. The van der Waals surface area contributed by atoms with Gasteiger partial charge in [0.15, 0.2) is 5.65 Å². The van der Waals surface area contributed by atoms with Gasteiger partial charge < -0.3 is 10.6 Å². The number of benzene rings is 1. The number of nitrogens with zero attached hydrogens (tertiary/aromatic N) is 3. The highest BCUT2D eigenvalue weighted by atomic mass is 19.1. The fourth-order valence-electron chi connectivity index (χ4n) is 3.58. The second-order valence-corrected chi connectivity index (χ2v) is 6.83. The van der Waals surface area contributed by atoms with Crippen LogP contribution in [0.1, 0.15) is 23.6 Å². The quantitative estimate of drug-likeness (QED) is 0.699. The summed E-state index contributed by atoms with van der Waals surface area (Å²) in [4.78, 5) is 16.6. The van der Waals surface area contributed by atoms with E-state index < -0.39 is 0 Å². The number of halogens is 1. The molecule has 0 saturated carbocycles. The molecule has 4 rings (SSSR count). The van der Waals surface area contributed by atoms with Gasteiger partial charge in [-0.1, -0.05) is 12.1 Å². The van der Waals surface area contributed by atoms with Crippen LogP contribution in [0.15, 0.2) is 42.6 Å². The molecular formula is C20H22FN5O. The van der Waals surface area contributed by atoms with Gasteiger partial charge in [0.05, 0.1) is 18.7 Å². The first-order chi connectivity index (χ1) is 13.2. The van der Waals surface area contributed by atoms with Gasteiger partial charge >= 0.3 is 0 Å². The summed E-state index contributed by atoms with van der Waals surface area (Å²) in [6, 6.07) is 10.1. The van der Waals surface area contributed by atoms with Crippen molar-refractivity contribution in [3.8, 4) is 0 Å². The van der Waals surface area contributed by atoms with Crippen LogP contribution in [-0.4, -0.2) is 40.3 Å². The Morgan fingerprint density at radius 3 is 3.07 bits per heavy atom. The van der Waals surface area contributed by atoms with E-state index in [1.54, 1.807) is 18.3 Å². The lowest BCUT2D eigenvalue weighted by Crippen LogP contribution is -2.29. The molecule has 1 aromatic carbocycles. The Hall–Kier alpha value is -2.80. The Morgan fingerprint density at radius 2 is 2.26 bits per heavy atom. The third-order valence-electron chi connectivity index (χ3n) is 4.88. The van der Waals surface area contributed by atoms with Gasteiger partial charge in [-0.25, -0.2) is 14.1 Å². The van der Waals surface area contributed by atoms with E-state index in [1.807, 2.05) is 10.7 Å². The topological polar surface area (TPSA) is 71.8 Å². The Balaban J connectivity index is 1.41. The Labute approximate surface area is 156 Å². The van der Waals surface area contributed by atoms with E-state index in [2.05, 4.69) is 21.7 Å². The number of aromatic nitrogens is 3. The largest absolute Gasteiger partial charge is 0.354 e. The molecule has 0 radical (unpaired) electrons. The average Bonchev–Trinajstić information content (AvgIpc) is 3.30. The molecule has 1 saturated heterocycles. The standard InChI is InChI=1S/C20H22FN5O/c21-16-4-1-3-14(11-16)12-18(27)23-9-10-26-20-17(5-2-7-24-20)19(25-26)15-6-8-22-13-15/h1-5,7,11,15,22H,6,8-10,12-13H2,(H,23,27)/t15-/m1/s1. The molecular weight excluding hydrogens is 345 g/mol. The number of amides is 1. The van der Waals surface area contributed by atoms with Crippen LogP contribution >= 0.6 is 0 Å². The molecule has 6 nitrogen and oxygen atoms in total. The van der Waals surface area contributed by atoms with Crippen LogP contribution in [0.3, 0.4) is 0 Å². The summed E-state index contributed by atoms with van der Waals surface area (Å²) in [5, 5.41) is 12.1. The van der Waals surface area contributed by atoms with Crippen molar-refractivity contribution in [2.75, 3.05) is 19.6 Å². The van der Waals surface area contributed by atoms with E-state index in [9.17, 15) is 9.18 Å². The SMILES string of the molecule is O=C(Cc1cccc(F)c1)NCCn1nc([C@@H]2CCNC2)c2cccnc21. The van der Waals surface area contributed by atoms with Crippen LogP contribution in [0.2, 0.25) is 0 Å². The third kappa shape index (κ3) is 3.98. The molecule has 0 aliphatic carbocycles. The highest BCUT2D eigenvalue weighted by molar-refractivity contribution is 5.79. The molecule has 27 heavy (non-hydrogen) atoms. The van der Waals surface area contributed by atoms with Crippen LogP contribution in [0, 0.1) is 5.82 Å². The van der Waals surface area contributed by atoms with E-state index >= 15 is 0 Å². The molecule has 0 unspecified atom stereocenters. The molecule has 3 heterocycles. The fraction of sp³-hybridized carbons (Fsp3) is 0.350. The smallest absolute Gasteiger partial charge is 0.224 e. The van der Waals surface area contributed by atoms with Crippen LogP contribution in [0.5, 0.6) is 0 Å². The lowest BCUT2D eigenvalue weighted by atomic mass is 10.0. The zero-order chi connectivity index (χ0) is 18.6. The fourth-order valence-corrected chi connectivity index (χ4v) is 3.58. The highest BCUT2D eigenvalue weighted by Gasteiger charge is 2.23. The first-order valence-electron chi connectivity index (χ1n) is 9.24. The minimum absolute atomic E-state index is 0.134. The molecule has 0 bridgehead atoms. The summed E-state index contributed by atoms with van der Waals surface area (Å²) in [6.07, 6.45) is 3.00. The van der Waals surface area contributed by atoms with Crippen molar-refractivity contribution >= 4 is 16.9 Å². The molecule has 1 atom stereocenters. The zero-order valence-electron chi connectivity index (χ0n) is 15.0. The van der Waals surface area contributed by atoms with Crippen LogP contribution in [0.4, 0.5) is 4.39 Å². The van der Waals surface area contributed by atoms with Gasteiger partial charge in [0.2, 0.25) is 5.91 Å². The summed E-state index contributed by atoms with van der Waals surface area (Å²) in [6.45, 7) is 2.94. The van der Waals surface area contributed by atoms with Gasteiger partial charge in [-0.15, -0.1) is 0 Å². The monoisotopic (exact) mass is 367 g/mol. The first kappa shape index (κ1) is 17.6. The number of carbonyl (C=O) groups is 1. The molecule has 1 fully saturated rings. The van der Waals surface area contributed by atoms with E-state index in [0.717, 1.165) is 36.2 Å². The van der Waals surface area contributed by atoms with E-state index in [-0.39, 0.29) is 18.1 Å². The van der Waals surface area contributed by atoms with Gasteiger partial charge in [-0.05, 0) is 42.8 Å². The first-order valence-corrected chi connectivity index (χ1v) is 9.24. The maximum Gasteiger partial charge on any atom is 0.224 e. The lowest BCUT2D eigenvalue weighted by molar-refractivity contribution is -0.120. The number of hydrogen-bond donors (Lipinski definition) is 2. The second-order valence-electron chi connectivity index (χ2n) is 6.83. The Morgan fingerprint density at radius 1 is 1.33 bits per heavy atom. The predicted octanol–water partition coefficient (Wildman–Crippen LogP) is 2.01. The average molecular weight is 367 g/mol. The molecule has 7 heteroatoms. The van der Waals surface area contributed by atoms with Gasteiger partial charge in [0, 0.05) is 30.6 Å². The molecule has 1 aliphatic heterocycles.